The first-order valence-electron chi connectivity index (χ1n) is 10.6. The predicted octanol–water partition coefficient (Wildman–Crippen LogP) is 4.72. The molecule has 1 heterocycles. The smallest absolute Gasteiger partial charge is 0.261 e. The molecule has 1 amide bonds. The Morgan fingerprint density at radius 1 is 0.857 bits per heavy atom. The monoisotopic (exact) mass is 489 g/mol. The van der Waals surface area contributed by atoms with E-state index >= 15 is 0 Å². The molecule has 0 unspecified atom stereocenters. The van der Waals surface area contributed by atoms with E-state index in [1.165, 1.54) is 31.4 Å². The number of methoxy groups -OCH3 is 1. The van der Waals surface area contributed by atoms with E-state index < -0.39 is 15.9 Å². The molecular formula is C26H23N3O5S. The number of pyridine rings is 1. The summed E-state index contributed by atoms with van der Waals surface area (Å²) in [6.07, 6.45) is 3.36. The molecule has 9 heteroatoms. The summed E-state index contributed by atoms with van der Waals surface area (Å²) in [4.78, 5) is 16.8. The second kappa shape index (κ2) is 10.7. The van der Waals surface area contributed by atoms with Crippen LogP contribution >= 0.6 is 0 Å². The van der Waals surface area contributed by atoms with Crippen LogP contribution in [0.4, 0.5) is 11.4 Å². The third kappa shape index (κ3) is 6.15. The Morgan fingerprint density at radius 3 is 2.26 bits per heavy atom. The highest BCUT2D eigenvalue weighted by Gasteiger charge is 2.16. The van der Waals surface area contributed by atoms with Gasteiger partial charge in [-0.3, -0.25) is 14.5 Å². The first-order valence-corrected chi connectivity index (χ1v) is 12.1. The van der Waals surface area contributed by atoms with Gasteiger partial charge in [-0.05, 0) is 66.2 Å². The van der Waals surface area contributed by atoms with Crippen molar-refractivity contribution in [1.82, 2.24) is 4.98 Å². The average Bonchev–Trinajstić information content (AvgIpc) is 2.88. The maximum Gasteiger partial charge on any atom is 0.261 e. The number of aromatic nitrogens is 1. The van der Waals surface area contributed by atoms with Crippen LogP contribution in [0.15, 0.2) is 102 Å². The summed E-state index contributed by atoms with van der Waals surface area (Å²) in [5, 5.41) is 2.80. The lowest BCUT2D eigenvalue weighted by atomic mass is 10.2. The van der Waals surface area contributed by atoms with Gasteiger partial charge in [0.2, 0.25) is 0 Å². The molecule has 0 aliphatic carbocycles. The average molecular weight is 490 g/mol. The number of sulfonamides is 1. The minimum atomic E-state index is -3.77. The third-order valence-electron chi connectivity index (χ3n) is 5.02. The molecule has 8 nitrogen and oxygen atoms in total. The fourth-order valence-corrected chi connectivity index (χ4v) is 4.27. The summed E-state index contributed by atoms with van der Waals surface area (Å²) in [6.45, 7) is 0.309. The van der Waals surface area contributed by atoms with E-state index in [2.05, 4.69) is 15.0 Å². The minimum Gasteiger partial charge on any atom is -0.493 e. The molecule has 1 aromatic heterocycles. The fourth-order valence-electron chi connectivity index (χ4n) is 3.22. The third-order valence-corrected chi connectivity index (χ3v) is 6.42. The lowest BCUT2D eigenvalue weighted by Gasteiger charge is -2.13. The van der Waals surface area contributed by atoms with Crippen LogP contribution in [0.3, 0.4) is 0 Å². The van der Waals surface area contributed by atoms with Crippen LogP contribution in [0, 0.1) is 0 Å². The van der Waals surface area contributed by atoms with Crippen molar-refractivity contribution in [3.8, 4) is 11.5 Å². The van der Waals surface area contributed by atoms with Crippen molar-refractivity contribution in [1.29, 1.82) is 0 Å². The first-order chi connectivity index (χ1) is 16.9. The van der Waals surface area contributed by atoms with E-state index in [0.29, 0.717) is 35.0 Å². The van der Waals surface area contributed by atoms with Crippen molar-refractivity contribution in [3.05, 3.63) is 108 Å². The molecule has 4 aromatic rings. The Balaban J connectivity index is 1.44. The predicted molar refractivity (Wildman–Crippen MR) is 133 cm³/mol. The van der Waals surface area contributed by atoms with E-state index in [0.717, 1.165) is 5.56 Å². The topological polar surface area (TPSA) is 107 Å². The largest absolute Gasteiger partial charge is 0.493 e. The molecule has 0 aliphatic rings. The maximum absolute atomic E-state index is 12.8. The van der Waals surface area contributed by atoms with Gasteiger partial charge in [0, 0.05) is 35.4 Å². The first kappa shape index (κ1) is 23.8. The fraction of sp³-hybridized carbons (Fsp3) is 0.0769. The normalized spacial score (nSPS) is 10.9. The molecule has 0 atom stereocenters. The molecule has 178 valence electrons. The number of benzene rings is 3. The maximum atomic E-state index is 12.8. The van der Waals surface area contributed by atoms with Crippen LogP contribution < -0.4 is 19.5 Å². The molecule has 0 saturated carbocycles. The van der Waals surface area contributed by atoms with Gasteiger partial charge in [0.05, 0.1) is 12.0 Å². The molecule has 0 spiro atoms. The number of hydrogen-bond acceptors (Lipinski definition) is 6. The highest BCUT2D eigenvalue weighted by Crippen LogP contribution is 2.31. The molecule has 4 rings (SSSR count). The summed E-state index contributed by atoms with van der Waals surface area (Å²) in [5.41, 5.74) is 2.20. The van der Waals surface area contributed by atoms with Gasteiger partial charge in [-0.2, -0.15) is 0 Å². The van der Waals surface area contributed by atoms with Crippen molar-refractivity contribution in [3.63, 3.8) is 0 Å². The Bertz CT molecular complexity index is 1390. The van der Waals surface area contributed by atoms with Crippen molar-refractivity contribution >= 4 is 27.3 Å². The summed E-state index contributed by atoms with van der Waals surface area (Å²) in [5.74, 6) is 0.600. The van der Waals surface area contributed by atoms with E-state index in [-0.39, 0.29) is 4.90 Å². The molecule has 0 fully saturated rings. The standard InChI is InChI=1S/C26H23N3O5S/c1-33-24-12-9-22(17-25(24)34-18-19-13-15-27-16-14-19)28-26(30)20-7-10-23(11-8-20)35(31,32)29-21-5-3-2-4-6-21/h2-17,29H,18H2,1H3,(H,28,30). The number of nitrogens with one attached hydrogen (secondary N) is 2. The lowest BCUT2D eigenvalue weighted by Crippen LogP contribution is -2.15. The lowest BCUT2D eigenvalue weighted by molar-refractivity contribution is 0.102. The highest BCUT2D eigenvalue weighted by atomic mass is 32.2. The van der Waals surface area contributed by atoms with Crippen LogP contribution in [-0.2, 0) is 16.6 Å². The number of hydrogen-bond donors (Lipinski definition) is 2. The van der Waals surface area contributed by atoms with Gasteiger partial charge in [-0.1, -0.05) is 18.2 Å². The zero-order valence-corrected chi connectivity index (χ0v) is 19.7. The Morgan fingerprint density at radius 2 is 1.57 bits per heavy atom. The van der Waals surface area contributed by atoms with E-state index in [1.54, 1.807) is 60.9 Å². The number of rotatable bonds is 9. The van der Waals surface area contributed by atoms with Gasteiger partial charge in [0.15, 0.2) is 11.5 Å². The van der Waals surface area contributed by atoms with Crippen LogP contribution in [-0.4, -0.2) is 26.4 Å². The van der Waals surface area contributed by atoms with Gasteiger partial charge < -0.3 is 14.8 Å². The molecule has 3 aromatic carbocycles. The van der Waals surface area contributed by atoms with Gasteiger partial charge in [-0.25, -0.2) is 8.42 Å². The highest BCUT2D eigenvalue weighted by molar-refractivity contribution is 7.92. The molecule has 0 radical (unpaired) electrons. The zero-order chi connectivity index (χ0) is 24.7. The molecule has 2 N–H and O–H groups in total. The quantitative estimate of drug-likeness (QED) is 0.352. The Labute approximate surface area is 203 Å². The Kier molecular flexibility index (Phi) is 7.27. The molecule has 0 bridgehead atoms. The number of ether oxygens (including phenoxy) is 2. The second-order valence-corrected chi connectivity index (χ2v) is 9.14. The number of anilines is 2. The van der Waals surface area contributed by atoms with Gasteiger partial charge >= 0.3 is 0 Å². The van der Waals surface area contributed by atoms with Crippen molar-refractivity contribution in [2.45, 2.75) is 11.5 Å². The van der Waals surface area contributed by atoms with Crippen LogP contribution in [0.1, 0.15) is 15.9 Å². The van der Waals surface area contributed by atoms with E-state index in [1.807, 2.05) is 12.1 Å². The SMILES string of the molecule is COc1ccc(NC(=O)c2ccc(S(=O)(=O)Nc3ccccc3)cc2)cc1OCc1ccncc1. The van der Waals surface area contributed by atoms with Crippen LogP contribution in [0.5, 0.6) is 11.5 Å². The summed E-state index contributed by atoms with van der Waals surface area (Å²) in [6, 6.07) is 23.0. The van der Waals surface area contributed by atoms with Crippen molar-refractivity contribution in [2.75, 3.05) is 17.1 Å². The summed E-state index contributed by atoms with van der Waals surface area (Å²) < 4.78 is 38.9. The molecule has 35 heavy (non-hydrogen) atoms. The summed E-state index contributed by atoms with van der Waals surface area (Å²) >= 11 is 0. The number of nitrogens with zero attached hydrogens (tertiary/aromatic N) is 1. The van der Waals surface area contributed by atoms with Gasteiger partial charge in [0.1, 0.15) is 6.61 Å². The zero-order valence-electron chi connectivity index (χ0n) is 18.8. The minimum absolute atomic E-state index is 0.0501. The molecule has 0 aliphatic heterocycles. The van der Waals surface area contributed by atoms with Crippen LogP contribution in [0.2, 0.25) is 0 Å². The number of para-hydroxylation sites is 1. The van der Waals surface area contributed by atoms with E-state index in [9.17, 15) is 13.2 Å². The number of carbonyl (C=O) groups excluding carboxylic acids is 1. The molecular weight excluding hydrogens is 466 g/mol. The van der Waals surface area contributed by atoms with Gasteiger partial charge in [0.25, 0.3) is 15.9 Å². The summed E-state index contributed by atoms with van der Waals surface area (Å²) in [7, 11) is -2.24. The second-order valence-electron chi connectivity index (χ2n) is 7.46. The van der Waals surface area contributed by atoms with Crippen LogP contribution in [0.25, 0.3) is 0 Å². The molecule has 0 saturated heterocycles. The number of amides is 1. The Hall–Kier alpha value is -4.37. The van der Waals surface area contributed by atoms with Crippen molar-refractivity contribution < 1.29 is 22.7 Å². The number of carbonyl (C=O) groups is 1. The van der Waals surface area contributed by atoms with Crippen molar-refractivity contribution in [2.24, 2.45) is 0 Å². The van der Waals surface area contributed by atoms with E-state index in [4.69, 9.17) is 9.47 Å². The van der Waals surface area contributed by atoms with Gasteiger partial charge in [-0.15, -0.1) is 0 Å².